The van der Waals surface area contributed by atoms with Crippen molar-refractivity contribution in [3.63, 3.8) is 0 Å². The van der Waals surface area contributed by atoms with E-state index < -0.39 is 12.2 Å². The molecule has 1 aromatic carbocycles. The summed E-state index contributed by atoms with van der Waals surface area (Å²) in [7, 11) is 0. The van der Waals surface area contributed by atoms with Gasteiger partial charge in [0.2, 0.25) is 11.8 Å². The highest BCUT2D eigenvalue weighted by atomic mass is 16.5. The second-order valence-corrected chi connectivity index (χ2v) is 6.21. The van der Waals surface area contributed by atoms with E-state index in [4.69, 9.17) is 4.74 Å². The van der Waals surface area contributed by atoms with Crippen molar-refractivity contribution in [3.05, 3.63) is 42.5 Å². The monoisotopic (exact) mass is 330 g/mol. The fraction of sp³-hybridized carbons (Fsp3) is 0.444. The third kappa shape index (κ3) is 4.43. The molecular formula is C18H22N2O4. The number of para-hydroxylation sites is 1. The van der Waals surface area contributed by atoms with Crippen LogP contribution in [-0.2, 0) is 14.3 Å². The number of hydrogen-bond acceptors (Lipinski definition) is 4. The Hall–Kier alpha value is -2.18. The summed E-state index contributed by atoms with van der Waals surface area (Å²) in [5, 5.41) is 15.2. The van der Waals surface area contributed by atoms with Crippen LogP contribution in [0.4, 0.5) is 5.69 Å². The molecule has 3 N–H and O–H groups in total. The van der Waals surface area contributed by atoms with E-state index in [1.165, 1.54) is 0 Å². The van der Waals surface area contributed by atoms with E-state index in [1.807, 2.05) is 36.4 Å². The molecule has 0 radical (unpaired) electrons. The van der Waals surface area contributed by atoms with Crippen molar-refractivity contribution in [1.82, 2.24) is 5.32 Å². The number of aliphatic hydroxyl groups excluding tert-OH is 1. The molecule has 24 heavy (non-hydrogen) atoms. The number of anilines is 1. The van der Waals surface area contributed by atoms with Crippen molar-refractivity contribution in [1.29, 1.82) is 0 Å². The van der Waals surface area contributed by atoms with Gasteiger partial charge in [0, 0.05) is 11.6 Å². The summed E-state index contributed by atoms with van der Waals surface area (Å²) in [5.41, 5.74) is 0.732. The minimum Gasteiger partial charge on any atom is -0.394 e. The molecule has 1 aliphatic heterocycles. The maximum Gasteiger partial charge on any atom is 0.227 e. The number of hydrogen-bond donors (Lipinski definition) is 3. The van der Waals surface area contributed by atoms with Crippen LogP contribution in [0.15, 0.2) is 42.5 Å². The van der Waals surface area contributed by atoms with Gasteiger partial charge in [0.05, 0.1) is 25.2 Å². The van der Waals surface area contributed by atoms with Gasteiger partial charge in [-0.2, -0.15) is 0 Å². The minimum absolute atomic E-state index is 0.00645. The average molecular weight is 330 g/mol. The first-order chi connectivity index (χ1) is 11.7. The van der Waals surface area contributed by atoms with Gasteiger partial charge in [-0.15, -0.1) is 0 Å². The number of ether oxygens (including phenoxy) is 1. The van der Waals surface area contributed by atoms with Crippen LogP contribution in [0.25, 0.3) is 0 Å². The molecule has 1 saturated carbocycles. The molecular weight excluding hydrogens is 308 g/mol. The summed E-state index contributed by atoms with van der Waals surface area (Å²) in [6, 6.07) is 8.86. The lowest BCUT2D eigenvalue weighted by atomic mass is 10.0. The standard InChI is InChI=1S/C18H22N2O4/c21-11-16-15(20-18(23)12-6-7-12)9-8-14(24-16)10-17(22)19-13-4-2-1-3-5-13/h1-5,8-9,12,14-16,21H,6-7,10-11H2,(H,19,22)(H,20,23)/t14-,15+,16+/m1/s1. The van der Waals surface area contributed by atoms with Crippen LogP contribution >= 0.6 is 0 Å². The van der Waals surface area contributed by atoms with Crippen molar-refractivity contribution < 1.29 is 19.4 Å². The molecule has 0 aromatic heterocycles. The number of rotatable bonds is 6. The van der Waals surface area contributed by atoms with Crippen molar-refractivity contribution in [2.75, 3.05) is 11.9 Å². The van der Waals surface area contributed by atoms with Gasteiger partial charge < -0.3 is 20.5 Å². The zero-order chi connectivity index (χ0) is 16.9. The van der Waals surface area contributed by atoms with E-state index in [2.05, 4.69) is 10.6 Å². The first-order valence-corrected chi connectivity index (χ1v) is 8.25. The SMILES string of the molecule is O=C(C[C@H]1C=C[C@H](NC(=O)C2CC2)[C@H](CO)O1)Nc1ccccc1. The Bertz CT molecular complexity index is 613. The van der Waals surface area contributed by atoms with Crippen molar-refractivity contribution >= 4 is 17.5 Å². The van der Waals surface area contributed by atoms with Gasteiger partial charge in [-0.1, -0.05) is 30.4 Å². The van der Waals surface area contributed by atoms with Gasteiger partial charge in [-0.25, -0.2) is 0 Å². The highest BCUT2D eigenvalue weighted by Crippen LogP contribution is 2.29. The Kier molecular flexibility index (Phi) is 5.27. The number of nitrogens with one attached hydrogen (secondary N) is 2. The molecule has 3 atom stereocenters. The third-order valence-corrected chi connectivity index (χ3v) is 4.16. The summed E-state index contributed by atoms with van der Waals surface area (Å²) < 4.78 is 5.75. The van der Waals surface area contributed by atoms with Gasteiger partial charge in [0.15, 0.2) is 0 Å². The van der Waals surface area contributed by atoms with Crippen LogP contribution in [0.1, 0.15) is 19.3 Å². The van der Waals surface area contributed by atoms with Crippen LogP contribution in [0.5, 0.6) is 0 Å². The normalized spacial score (nSPS) is 26.0. The Morgan fingerprint density at radius 3 is 2.58 bits per heavy atom. The van der Waals surface area contributed by atoms with Crippen LogP contribution in [0, 0.1) is 5.92 Å². The summed E-state index contributed by atoms with van der Waals surface area (Å²) in [5.74, 6) is -0.0490. The van der Waals surface area contributed by atoms with Crippen LogP contribution in [-0.4, -0.2) is 41.8 Å². The highest BCUT2D eigenvalue weighted by Gasteiger charge is 2.34. The number of carbonyl (C=O) groups is 2. The summed E-state index contributed by atoms with van der Waals surface area (Å²) >= 11 is 0. The van der Waals surface area contributed by atoms with E-state index in [-0.39, 0.29) is 36.8 Å². The Morgan fingerprint density at radius 2 is 1.92 bits per heavy atom. The molecule has 1 aliphatic carbocycles. The molecule has 3 rings (SSSR count). The van der Waals surface area contributed by atoms with Gasteiger partial charge in [-0.05, 0) is 25.0 Å². The van der Waals surface area contributed by atoms with Gasteiger partial charge >= 0.3 is 0 Å². The maximum absolute atomic E-state index is 12.1. The Labute approximate surface area is 140 Å². The molecule has 1 aromatic rings. The van der Waals surface area contributed by atoms with Crippen molar-refractivity contribution in [2.45, 2.75) is 37.5 Å². The topological polar surface area (TPSA) is 87.7 Å². The number of benzene rings is 1. The predicted octanol–water partition coefficient (Wildman–Crippen LogP) is 1.23. The molecule has 1 fully saturated rings. The summed E-state index contributed by atoms with van der Waals surface area (Å²) in [6.07, 6.45) is 4.64. The maximum atomic E-state index is 12.1. The zero-order valence-corrected chi connectivity index (χ0v) is 13.4. The fourth-order valence-corrected chi connectivity index (χ4v) is 2.68. The number of aliphatic hydroxyl groups is 1. The lowest BCUT2D eigenvalue weighted by molar-refractivity contribution is -0.126. The summed E-state index contributed by atoms with van der Waals surface area (Å²) in [4.78, 5) is 23.9. The lowest BCUT2D eigenvalue weighted by Gasteiger charge is -2.31. The van der Waals surface area contributed by atoms with Crippen LogP contribution in [0.2, 0.25) is 0 Å². The van der Waals surface area contributed by atoms with E-state index in [0.29, 0.717) is 0 Å². The molecule has 0 saturated heterocycles. The first-order valence-electron chi connectivity index (χ1n) is 8.25. The predicted molar refractivity (Wildman–Crippen MR) is 89.2 cm³/mol. The van der Waals surface area contributed by atoms with Gasteiger partial charge in [0.25, 0.3) is 0 Å². The third-order valence-electron chi connectivity index (χ3n) is 4.16. The molecule has 0 unspecified atom stereocenters. The molecule has 0 bridgehead atoms. The first kappa shape index (κ1) is 16.7. The smallest absolute Gasteiger partial charge is 0.227 e. The van der Waals surface area contributed by atoms with Gasteiger partial charge in [0.1, 0.15) is 6.10 Å². The Balaban J connectivity index is 1.53. The molecule has 6 heteroatoms. The van der Waals surface area contributed by atoms with E-state index >= 15 is 0 Å². The van der Waals surface area contributed by atoms with Crippen LogP contribution in [0.3, 0.4) is 0 Å². The largest absolute Gasteiger partial charge is 0.394 e. The molecule has 2 aliphatic rings. The van der Waals surface area contributed by atoms with Gasteiger partial charge in [-0.3, -0.25) is 9.59 Å². The molecule has 0 spiro atoms. The van der Waals surface area contributed by atoms with Crippen LogP contribution < -0.4 is 10.6 Å². The average Bonchev–Trinajstić information content (AvgIpc) is 3.42. The van der Waals surface area contributed by atoms with Crippen molar-refractivity contribution in [3.8, 4) is 0 Å². The van der Waals surface area contributed by atoms with E-state index in [0.717, 1.165) is 18.5 Å². The molecule has 6 nitrogen and oxygen atoms in total. The zero-order valence-electron chi connectivity index (χ0n) is 13.4. The molecule has 1 heterocycles. The second-order valence-electron chi connectivity index (χ2n) is 6.21. The van der Waals surface area contributed by atoms with E-state index in [1.54, 1.807) is 6.08 Å². The molecule has 128 valence electrons. The van der Waals surface area contributed by atoms with Crippen molar-refractivity contribution in [2.24, 2.45) is 5.92 Å². The lowest BCUT2D eigenvalue weighted by Crippen LogP contribution is -2.49. The minimum atomic E-state index is -0.535. The second kappa shape index (κ2) is 7.59. The highest BCUT2D eigenvalue weighted by molar-refractivity contribution is 5.91. The number of carbonyl (C=O) groups excluding carboxylic acids is 2. The molecule has 2 amide bonds. The Morgan fingerprint density at radius 1 is 1.17 bits per heavy atom. The van der Waals surface area contributed by atoms with E-state index in [9.17, 15) is 14.7 Å². The summed E-state index contributed by atoms with van der Waals surface area (Å²) in [6.45, 7) is -0.212. The number of amides is 2. The fourth-order valence-electron chi connectivity index (χ4n) is 2.68. The quantitative estimate of drug-likeness (QED) is 0.685.